The molecule has 1 heterocycles. The van der Waals surface area contributed by atoms with Crippen LogP contribution in [0.2, 0.25) is 0 Å². The SMILES string of the molecule is N#C[C@@H]1C[C@@H]2C[C@@H]2N1C(=O)[C@@H](N)C12CC3CC(CC(OCCNC(=O)OCc4ccc(CN(C[C@H](O)[C@@H](O)[C@H](O)[C@H](O)CO)C[C@H](O)[C@@H](O)[C@H](O)[C@H](O)CO)cc4)(C3)C1)C2. The number of aliphatic hydroxyl groups excluding tert-OH is 10. The minimum absolute atomic E-state index is 0.0141. The van der Waals surface area contributed by atoms with E-state index < -0.39 is 98.9 Å². The lowest BCUT2D eigenvalue weighted by molar-refractivity contribution is -0.199. The standard InChI is InChI=1S/C41H63N5O14/c42-14-27-8-26-9-28(26)46(27)38(57)37(43)40-10-24-7-25(11-40)13-41(12-24,21-40)60-6-5-44-39(58)59-20-23-3-1-22(2-4-23)15-45(16-29(49)33(53)35(55)31(51)18-47)17-30(50)34(54)36(56)32(52)19-48/h1-4,24-37,47-56H,5-13,15-21,43H2,(H,44,58)/t24?,25?,26-,27+,28+,29+,30+,31-,32-,33-,34-,35-,36-,37-,40?,41?/m1/s1. The number of aliphatic hydroxyl groups is 10. The molecule has 0 radical (unpaired) electrons. The molecule has 1 aromatic carbocycles. The normalized spacial score (nSPS) is 32.2. The van der Waals surface area contributed by atoms with Crippen LogP contribution in [0.25, 0.3) is 0 Å². The largest absolute Gasteiger partial charge is 0.445 e. The van der Waals surface area contributed by atoms with Gasteiger partial charge in [-0.2, -0.15) is 5.26 Å². The Morgan fingerprint density at radius 3 is 1.93 bits per heavy atom. The fourth-order valence-electron chi connectivity index (χ4n) is 10.8. The molecule has 19 nitrogen and oxygen atoms in total. The van der Waals surface area contributed by atoms with Gasteiger partial charge in [-0.05, 0) is 85.7 Å². The van der Waals surface area contributed by atoms with Crippen LogP contribution in [0.4, 0.5) is 4.79 Å². The molecular formula is C41H63N5O14. The fourth-order valence-corrected chi connectivity index (χ4v) is 10.8. The minimum atomic E-state index is -1.91. The summed E-state index contributed by atoms with van der Waals surface area (Å²) in [7, 11) is 0. The van der Waals surface area contributed by atoms with Crippen molar-refractivity contribution in [2.24, 2.45) is 28.9 Å². The second kappa shape index (κ2) is 19.5. The highest BCUT2D eigenvalue weighted by atomic mass is 16.5. The number of ether oxygens (including phenoxy) is 2. The van der Waals surface area contributed by atoms with Gasteiger partial charge in [0.2, 0.25) is 5.91 Å². The van der Waals surface area contributed by atoms with E-state index in [2.05, 4.69) is 11.4 Å². The maximum absolute atomic E-state index is 13.8. The Hall–Kier alpha value is -3.07. The van der Waals surface area contributed by atoms with Crippen molar-refractivity contribution in [2.75, 3.05) is 39.5 Å². The Morgan fingerprint density at radius 2 is 1.38 bits per heavy atom. The van der Waals surface area contributed by atoms with Crippen LogP contribution in [0, 0.1) is 34.5 Å². The number of nitrogens with zero attached hydrogens (tertiary/aromatic N) is 3. The number of nitrogens with one attached hydrogen (secondary N) is 1. The Balaban J connectivity index is 0.972. The van der Waals surface area contributed by atoms with Crippen molar-refractivity contribution < 1.29 is 70.1 Å². The predicted octanol–water partition coefficient (Wildman–Crippen LogP) is -3.22. The number of hydrogen-bond acceptors (Lipinski definition) is 17. The zero-order valence-electron chi connectivity index (χ0n) is 33.7. The zero-order valence-corrected chi connectivity index (χ0v) is 33.7. The summed E-state index contributed by atoms with van der Waals surface area (Å²) in [6, 6.07) is 8.07. The summed E-state index contributed by atoms with van der Waals surface area (Å²) in [5.41, 5.74) is 7.28. The number of alkyl carbamates (subject to hydrolysis) is 1. The molecule has 13 N–H and O–H groups in total. The van der Waals surface area contributed by atoms with Gasteiger partial charge in [-0.15, -0.1) is 0 Å². The average molecular weight is 850 g/mol. The van der Waals surface area contributed by atoms with Crippen LogP contribution >= 0.6 is 0 Å². The van der Waals surface area contributed by atoms with E-state index in [1.54, 1.807) is 29.2 Å². The van der Waals surface area contributed by atoms with Crippen LogP contribution in [-0.4, -0.2) is 185 Å². The first kappa shape index (κ1) is 46.4. The van der Waals surface area contributed by atoms with Crippen molar-refractivity contribution in [3.8, 4) is 6.07 Å². The van der Waals surface area contributed by atoms with Gasteiger partial charge in [-0.1, -0.05) is 24.3 Å². The van der Waals surface area contributed by atoms with E-state index >= 15 is 0 Å². The van der Waals surface area contributed by atoms with Crippen LogP contribution in [0.1, 0.15) is 62.5 Å². The lowest BCUT2D eigenvalue weighted by atomic mass is 9.46. The predicted molar refractivity (Wildman–Crippen MR) is 209 cm³/mol. The van der Waals surface area contributed by atoms with Gasteiger partial charge in [0, 0.05) is 32.2 Å². The van der Waals surface area contributed by atoms with Gasteiger partial charge < -0.3 is 76.5 Å². The summed E-state index contributed by atoms with van der Waals surface area (Å²) in [6.45, 7) is -2.24. The summed E-state index contributed by atoms with van der Waals surface area (Å²) in [4.78, 5) is 29.6. The third-order valence-corrected chi connectivity index (χ3v) is 13.6. The highest BCUT2D eigenvalue weighted by molar-refractivity contribution is 5.84. The number of rotatable bonds is 22. The molecular weight excluding hydrogens is 786 g/mol. The van der Waals surface area contributed by atoms with Gasteiger partial charge in [-0.3, -0.25) is 9.69 Å². The molecule has 60 heavy (non-hydrogen) atoms. The van der Waals surface area contributed by atoms with Crippen LogP contribution in [0.15, 0.2) is 24.3 Å². The van der Waals surface area contributed by atoms with Crippen molar-refractivity contribution in [3.05, 3.63) is 35.4 Å². The topological polar surface area (TPSA) is 323 Å². The van der Waals surface area contributed by atoms with Gasteiger partial charge >= 0.3 is 6.09 Å². The van der Waals surface area contributed by atoms with E-state index in [1.165, 1.54) is 4.90 Å². The Labute approximate surface area is 348 Å². The highest BCUT2D eigenvalue weighted by Gasteiger charge is 2.63. The first-order valence-electron chi connectivity index (χ1n) is 21.0. The van der Waals surface area contributed by atoms with Crippen molar-refractivity contribution in [2.45, 2.75) is 137 Å². The second-order valence-corrected chi connectivity index (χ2v) is 18.1. The monoisotopic (exact) mass is 849 g/mol. The van der Waals surface area contributed by atoms with E-state index in [4.69, 9.17) is 25.4 Å². The fraction of sp³-hybridized carbons (Fsp3) is 0.780. The van der Waals surface area contributed by atoms with Gasteiger partial charge in [0.05, 0.1) is 49.7 Å². The first-order valence-corrected chi connectivity index (χ1v) is 21.0. The molecule has 1 aromatic rings. The summed E-state index contributed by atoms with van der Waals surface area (Å²) in [5.74, 6) is 1.14. The van der Waals surface area contributed by atoms with Crippen molar-refractivity contribution in [1.82, 2.24) is 15.1 Å². The summed E-state index contributed by atoms with van der Waals surface area (Å²) < 4.78 is 12.0. The number of nitriles is 1. The Morgan fingerprint density at radius 1 is 0.833 bits per heavy atom. The summed E-state index contributed by atoms with van der Waals surface area (Å²) in [6.07, 6.45) is -8.19. The number of fused-ring (bicyclic) bond motifs is 1. The molecule has 6 aliphatic rings. The lowest BCUT2D eigenvalue weighted by Gasteiger charge is -2.63. The Kier molecular flexibility index (Phi) is 15.1. The molecule has 2 unspecified atom stereocenters. The molecule has 336 valence electrons. The van der Waals surface area contributed by atoms with Gasteiger partial charge in [0.15, 0.2) is 0 Å². The molecule has 7 rings (SSSR count). The number of carbonyl (C=O) groups excluding carboxylic acids is 2. The molecule has 0 spiro atoms. The molecule has 1 aliphatic heterocycles. The molecule has 5 aliphatic carbocycles. The number of benzene rings is 1. The van der Waals surface area contributed by atoms with Gasteiger partial charge in [0.1, 0.15) is 49.3 Å². The number of amides is 2. The third kappa shape index (κ3) is 10.4. The van der Waals surface area contributed by atoms with Crippen molar-refractivity contribution in [3.63, 3.8) is 0 Å². The Bertz CT molecular complexity index is 1610. The molecule has 4 bridgehead atoms. The maximum Gasteiger partial charge on any atom is 0.407 e. The number of nitrogens with two attached hydrogens (primary N) is 1. The van der Waals surface area contributed by atoms with Crippen molar-refractivity contribution in [1.29, 1.82) is 5.26 Å². The van der Waals surface area contributed by atoms with Gasteiger partial charge in [-0.25, -0.2) is 4.79 Å². The lowest BCUT2D eigenvalue weighted by Crippen LogP contribution is -2.65. The number of likely N-dealkylation sites (tertiary alicyclic amines) is 1. The van der Waals surface area contributed by atoms with Crippen LogP contribution in [0.3, 0.4) is 0 Å². The molecule has 14 atom stereocenters. The highest BCUT2D eigenvalue weighted by Crippen LogP contribution is 2.64. The van der Waals surface area contributed by atoms with Crippen molar-refractivity contribution >= 4 is 12.0 Å². The third-order valence-electron chi connectivity index (χ3n) is 13.6. The van der Waals surface area contributed by atoms with Gasteiger partial charge in [0.25, 0.3) is 0 Å². The molecule has 19 heteroatoms. The quantitative estimate of drug-likeness (QED) is 0.0511. The zero-order chi connectivity index (χ0) is 43.5. The summed E-state index contributed by atoms with van der Waals surface area (Å²) >= 11 is 0. The molecule has 2 amide bonds. The van der Waals surface area contributed by atoms with Crippen LogP contribution in [0.5, 0.6) is 0 Å². The van der Waals surface area contributed by atoms with E-state index in [9.17, 15) is 55.7 Å². The molecule has 1 saturated heterocycles. The molecule has 0 aromatic heterocycles. The minimum Gasteiger partial charge on any atom is -0.445 e. The molecule has 6 fully saturated rings. The van der Waals surface area contributed by atoms with Crippen LogP contribution in [-0.2, 0) is 27.4 Å². The first-order chi connectivity index (χ1) is 28.5. The van der Waals surface area contributed by atoms with Crippen LogP contribution < -0.4 is 11.1 Å². The van der Waals surface area contributed by atoms with E-state index in [-0.39, 0.29) is 43.7 Å². The second-order valence-electron chi connectivity index (χ2n) is 18.1. The van der Waals surface area contributed by atoms with E-state index in [1.807, 2.05) is 0 Å². The number of piperidine rings is 1. The van der Waals surface area contributed by atoms with E-state index in [0.29, 0.717) is 35.3 Å². The number of carbonyl (C=O) groups is 2. The summed E-state index contributed by atoms with van der Waals surface area (Å²) in [5, 5.41) is 112. The average Bonchev–Trinajstić information content (AvgIpc) is 3.90. The van der Waals surface area contributed by atoms with E-state index in [0.717, 1.165) is 44.9 Å². The maximum atomic E-state index is 13.8. The number of hydrogen-bond donors (Lipinski definition) is 12. The molecule has 5 saturated carbocycles. The smallest absolute Gasteiger partial charge is 0.407 e.